The molecule has 0 saturated carbocycles. The van der Waals surface area contributed by atoms with Crippen molar-refractivity contribution in [1.29, 1.82) is 0 Å². The lowest BCUT2D eigenvalue weighted by Crippen LogP contribution is -2.62. The maximum Gasteiger partial charge on any atom is 0.410 e. The van der Waals surface area contributed by atoms with Crippen LogP contribution in [0.15, 0.2) is 79.3 Å². The van der Waals surface area contributed by atoms with Crippen molar-refractivity contribution < 1.29 is 9.53 Å². The molecule has 1 atom stereocenters. The smallest absolute Gasteiger partial charge is 0.410 e. The second kappa shape index (κ2) is 8.01. The van der Waals surface area contributed by atoms with Gasteiger partial charge in [0.2, 0.25) is 0 Å². The highest BCUT2D eigenvalue weighted by atomic mass is 16.6. The molecule has 0 aliphatic carbocycles. The zero-order chi connectivity index (χ0) is 22.3. The molecule has 4 heterocycles. The van der Waals surface area contributed by atoms with E-state index in [0.29, 0.717) is 13.2 Å². The van der Waals surface area contributed by atoms with Crippen LogP contribution in [0.25, 0.3) is 16.8 Å². The summed E-state index contributed by atoms with van der Waals surface area (Å²) in [7, 11) is 0. The highest BCUT2D eigenvalue weighted by molar-refractivity contribution is 5.76. The van der Waals surface area contributed by atoms with Crippen LogP contribution in [0.5, 0.6) is 0 Å². The van der Waals surface area contributed by atoms with Crippen molar-refractivity contribution in [2.45, 2.75) is 18.5 Å². The second-order valence-corrected chi connectivity index (χ2v) is 8.96. The van der Waals surface area contributed by atoms with Crippen LogP contribution in [0.1, 0.15) is 11.1 Å². The normalized spacial score (nSPS) is 20.7. The number of hydrogen-bond donors (Lipinski definition) is 0. The van der Waals surface area contributed by atoms with Crippen LogP contribution in [0.4, 0.5) is 4.79 Å². The Kier molecular flexibility index (Phi) is 4.84. The Labute approximate surface area is 192 Å². The molecule has 1 unspecified atom stereocenters. The first-order valence-corrected chi connectivity index (χ1v) is 11.3. The highest BCUT2D eigenvalue weighted by Crippen LogP contribution is 2.33. The summed E-state index contributed by atoms with van der Waals surface area (Å²) in [6.07, 6.45) is 6.46. The van der Waals surface area contributed by atoms with Gasteiger partial charge >= 0.3 is 6.09 Å². The number of rotatable bonds is 5. The summed E-state index contributed by atoms with van der Waals surface area (Å²) in [5.74, 6) is 0. The van der Waals surface area contributed by atoms with Gasteiger partial charge in [-0.3, -0.25) is 9.80 Å². The van der Waals surface area contributed by atoms with E-state index in [1.165, 1.54) is 5.56 Å². The lowest BCUT2D eigenvalue weighted by atomic mass is 9.88. The SMILES string of the molecule is O=C1OCC2(Cc3ccccc3)CN(Cc3cnc4c(-c5ccccc5)cnn4c3)CCN12. The Morgan fingerprint density at radius 1 is 0.939 bits per heavy atom. The third-order valence-electron chi connectivity index (χ3n) is 6.69. The van der Waals surface area contributed by atoms with Gasteiger partial charge in [-0.25, -0.2) is 14.3 Å². The van der Waals surface area contributed by atoms with Crippen LogP contribution in [0, 0.1) is 0 Å². The molecule has 1 amide bonds. The summed E-state index contributed by atoms with van der Waals surface area (Å²) in [5.41, 5.74) is 4.97. The number of aromatic nitrogens is 3. The fraction of sp³-hybridized carbons (Fsp3) is 0.269. The number of benzene rings is 2. The summed E-state index contributed by atoms with van der Waals surface area (Å²) in [5, 5.41) is 4.54. The van der Waals surface area contributed by atoms with Gasteiger partial charge in [0.05, 0.1) is 11.7 Å². The second-order valence-electron chi connectivity index (χ2n) is 8.96. The molecule has 6 rings (SSSR count). The number of carbonyl (C=O) groups excluding carboxylic acids is 1. The quantitative estimate of drug-likeness (QED) is 0.475. The molecule has 4 aromatic rings. The maximum atomic E-state index is 12.4. The van der Waals surface area contributed by atoms with Crippen molar-refractivity contribution in [3.8, 4) is 11.1 Å². The average Bonchev–Trinajstić information content (AvgIpc) is 3.41. The fourth-order valence-corrected chi connectivity index (χ4v) is 5.13. The molecule has 2 fully saturated rings. The van der Waals surface area contributed by atoms with E-state index in [4.69, 9.17) is 9.72 Å². The Hall–Kier alpha value is -3.71. The first-order chi connectivity index (χ1) is 16.2. The molecule has 2 aromatic carbocycles. The van der Waals surface area contributed by atoms with Crippen LogP contribution >= 0.6 is 0 Å². The summed E-state index contributed by atoms with van der Waals surface area (Å²) in [4.78, 5) is 21.5. The van der Waals surface area contributed by atoms with Gasteiger partial charge in [-0.1, -0.05) is 60.7 Å². The van der Waals surface area contributed by atoms with Gasteiger partial charge in [0.1, 0.15) is 6.61 Å². The predicted octanol–water partition coefficient (Wildman–Crippen LogP) is 3.65. The molecule has 7 heteroatoms. The van der Waals surface area contributed by atoms with E-state index in [2.05, 4.69) is 40.5 Å². The van der Waals surface area contributed by atoms with Gasteiger partial charge in [0.15, 0.2) is 5.65 Å². The molecule has 33 heavy (non-hydrogen) atoms. The van der Waals surface area contributed by atoms with Gasteiger partial charge in [0, 0.05) is 56.1 Å². The lowest BCUT2D eigenvalue weighted by molar-refractivity contribution is 0.0475. The number of cyclic esters (lactones) is 1. The molecular weight excluding hydrogens is 414 g/mol. The summed E-state index contributed by atoms with van der Waals surface area (Å²) >= 11 is 0. The van der Waals surface area contributed by atoms with Crippen molar-refractivity contribution >= 4 is 11.7 Å². The third kappa shape index (κ3) is 3.64. The summed E-state index contributed by atoms with van der Waals surface area (Å²) in [6.45, 7) is 3.41. The molecule has 2 aromatic heterocycles. The Morgan fingerprint density at radius 2 is 1.73 bits per heavy atom. The van der Waals surface area contributed by atoms with Crippen molar-refractivity contribution in [3.63, 3.8) is 0 Å². The standard InChI is InChI=1S/C26H25N5O2/c32-25-30-12-11-29(18-26(30,19-33-25)13-20-7-3-1-4-8-20)16-21-14-27-24-23(15-28-31(24)17-21)22-9-5-2-6-10-22/h1-10,14-15,17H,11-13,16,18-19H2. The molecule has 0 bridgehead atoms. The van der Waals surface area contributed by atoms with Crippen molar-refractivity contribution in [1.82, 2.24) is 24.4 Å². The average molecular weight is 440 g/mol. The third-order valence-corrected chi connectivity index (χ3v) is 6.69. The number of hydrogen-bond acceptors (Lipinski definition) is 5. The van der Waals surface area contributed by atoms with Gasteiger partial charge < -0.3 is 4.74 Å². The molecule has 0 spiro atoms. The number of piperazine rings is 1. The summed E-state index contributed by atoms with van der Waals surface area (Å²) in [6, 6.07) is 20.5. The fourth-order valence-electron chi connectivity index (χ4n) is 5.13. The number of nitrogens with zero attached hydrogens (tertiary/aromatic N) is 5. The predicted molar refractivity (Wildman–Crippen MR) is 125 cm³/mol. The zero-order valence-corrected chi connectivity index (χ0v) is 18.3. The number of amides is 1. The van der Waals surface area contributed by atoms with E-state index in [-0.39, 0.29) is 11.6 Å². The van der Waals surface area contributed by atoms with Gasteiger partial charge in [-0.2, -0.15) is 5.10 Å². The number of ether oxygens (including phenoxy) is 1. The van der Waals surface area contributed by atoms with Gasteiger partial charge in [0.25, 0.3) is 0 Å². The van der Waals surface area contributed by atoms with Crippen LogP contribution in [-0.4, -0.2) is 62.3 Å². The minimum Gasteiger partial charge on any atom is -0.447 e. The van der Waals surface area contributed by atoms with E-state index >= 15 is 0 Å². The maximum absolute atomic E-state index is 12.4. The van der Waals surface area contributed by atoms with Crippen LogP contribution < -0.4 is 0 Å². The van der Waals surface area contributed by atoms with E-state index < -0.39 is 0 Å². The van der Waals surface area contributed by atoms with E-state index in [0.717, 1.165) is 48.4 Å². The molecule has 2 aliphatic heterocycles. The minimum atomic E-state index is -0.333. The highest BCUT2D eigenvalue weighted by Gasteiger charge is 2.50. The van der Waals surface area contributed by atoms with Gasteiger partial charge in [-0.15, -0.1) is 0 Å². The van der Waals surface area contributed by atoms with Crippen LogP contribution in [0.3, 0.4) is 0 Å². The zero-order valence-electron chi connectivity index (χ0n) is 18.3. The monoisotopic (exact) mass is 439 g/mol. The Bertz CT molecular complexity index is 1290. The topological polar surface area (TPSA) is 63.0 Å². The number of fused-ring (bicyclic) bond motifs is 2. The van der Waals surface area contributed by atoms with Crippen molar-refractivity contribution in [2.24, 2.45) is 0 Å². The Balaban J connectivity index is 1.23. The molecule has 2 saturated heterocycles. The first kappa shape index (κ1) is 19.9. The number of carbonyl (C=O) groups is 1. The van der Waals surface area contributed by atoms with Crippen molar-refractivity contribution in [2.75, 3.05) is 26.2 Å². The lowest BCUT2D eigenvalue weighted by Gasteiger charge is -2.44. The molecule has 0 radical (unpaired) electrons. The van der Waals surface area contributed by atoms with Crippen molar-refractivity contribution in [3.05, 3.63) is 90.4 Å². The first-order valence-electron chi connectivity index (χ1n) is 11.3. The Morgan fingerprint density at radius 3 is 2.55 bits per heavy atom. The van der Waals surface area contributed by atoms with E-state index in [1.807, 2.05) is 58.2 Å². The van der Waals surface area contributed by atoms with E-state index in [9.17, 15) is 4.79 Å². The minimum absolute atomic E-state index is 0.196. The summed E-state index contributed by atoms with van der Waals surface area (Å²) < 4.78 is 7.37. The molecule has 7 nitrogen and oxygen atoms in total. The van der Waals surface area contributed by atoms with Crippen LogP contribution in [0.2, 0.25) is 0 Å². The van der Waals surface area contributed by atoms with Crippen LogP contribution in [-0.2, 0) is 17.7 Å². The molecule has 166 valence electrons. The molecule has 0 N–H and O–H groups in total. The molecular formula is C26H25N5O2. The van der Waals surface area contributed by atoms with Gasteiger partial charge in [-0.05, 0) is 11.1 Å². The van der Waals surface area contributed by atoms with E-state index in [1.54, 1.807) is 0 Å². The largest absolute Gasteiger partial charge is 0.447 e. The molecule has 2 aliphatic rings.